The van der Waals surface area contributed by atoms with E-state index in [0.29, 0.717) is 23.0 Å². The van der Waals surface area contributed by atoms with Gasteiger partial charge in [-0.3, -0.25) is 4.98 Å². The van der Waals surface area contributed by atoms with Crippen LogP contribution < -0.4 is 5.32 Å². The first-order valence-electron chi connectivity index (χ1n) is 9.99. The lowest BCUT2D eigenvalue weighted by atomic mass is 9.93. The molecule has 0 bridgehead atoms. The monoisotopic (exact) mass is 404 g/mol. The van der Waals surface area contributed by atoms with Crippen LogP contribution in [-0.4, -0.2) is 40.6 Å². The van der Waals surface area contributed by atoms with Gasteiger partial charge in [0.15, 0.2) is 11.5 Å². The molecule has 4 aromatic rings. The molecule has 1 aliphatic rings. The maximum Gasteiger partial charge on any atom is 0.228 e. The molecule has 4 aromatic heterocycles. The quantitative estimate of drug-likeness (QED) is 0.558. The number of nitrogens with one attached hydrogen (secondary N) is 1. The molecule has 0 amide bonds. The SMILES string of the molecule is CC(C)c1cnn2c(N[C@@H]3CCc4ncncc4C3)nc(-c3cncc(F)c3)nc12. The van der Waals surface area contributed by atoms with E-state index in [2.05, 4.69) is 49.2 Å². The van der Waals surface area contributed by atoms with Gasteiger partial charge in [0.25, 0.3) is 0 Å². The van der Waals surface area contributed by atoms with Crippen LogP contribution in [0.15, 0.2) is 37.2 Å². The van der Waals surface area contributed by atoms with Crippen LogP contribution in [0.4, 0.5) is 10.3 Å². The summed E-state index contributed by atoms with van der Waals surface area (Å²) in [4.78, 5) is 21.8. The summed E-state index contributed by atoms with van der Waals surface area (Å²) in [5, 5.41) is 8.04. The van der Waals surface area contributed by atoms with Gasteiger partial charge in [0.2, 0.25) is 5.95 Å². The average Bonchev–Trinajstić information content (AvgIpc) is 3.18. The Balaban J connectivity index is 1.57. The summed E-state index contributed by atoms with van der Waals surface area (Å²) in [6.45, 7) is 4.18. The number of rotatable bonds is 4. The van der Waals surface area contributed by atoms with Crippen molar-refractivity contribution in [2.45, 2.75) is 45.1 Å². The molecule has 4 heterocycles. The molecular formula is C21H21FN8. The van der Waals surface area contributed by atoms with Crippen molar-refractivity contribution >= 4 is 11.6 Å². The number of anilines is 1. The normalized spacial score (nSPS) is 16.1. The summed E-state index contributed by atoms with van der Waals surface area (Å²) in [6, 6.07) is 1.55. The molecule has 0 aliphatic heterocycles. The lowest BCUT2D eigenvalue weighted by Gasteiger charge is -2.25. The van der Waals surface area contributed by atoms with Gasteiger partial charge in [0.05, 0.1) is 12.4 Å². The largest absolute Gasteiger partial charge is 0.351 e. The van der Waals surface area contributed by atoms with Crippen molar-refractivity contribution in [2.24, 2.45) is 0 Å². The summed E-state index contributed by atoms with van der Waals surface area (Å²) in [5.74, 6) is 0.810. The van der Waals surface area contributed by atoms with E-state index in [0.717, 1.165) is 36.1 Å². The Kier molecular flexibility index (Phi) is 4.57. The summed E-state index contributed by atoms with van der Waals surface area (Å²) >= 11 is 0. The van der Waals surface area contributed by atoms with Crippen LogP contribution in [0.1, 0.15) is 43.0 Å². The minimum Gasteiger partial charge on any atom is -0.351 e. The second-order valence-electron chi connectivity index (χ2n) is 7.83. The number of hydrogen-bond donors (Lipinski definition) is 1. The zero-order chi connectivity index (χ0) is 20.7. The van der Waals surface area contributed by atoms with Crippen molar-refractivity contribution in [3.8, 4) is 11.4 Å². The third-order valence-electron chi connectivity index (χ3n) is 5.39. The van der Waals surface area contributed by atoms with Crippen molar-refractivity contribution in [3.63, 3.8) is 0 Å². The van der Waals surface area contributed by atoms with Gasteiger partial charge in [-0.15, -0.1) is 0 Å². The van der Waals surface area contributed by atoms with Crippen LogP contribution >= 0.6 is 0 Å². The number of aryl methyl sites for hydroxylation is 1. The number of fused-ring (bicyclic) bond motifs is 2. The molecule has 0 fully saturated rings. The third-order valence-corrected chi connectivity index (χ3v) is 5.39. The minimum atomic E-state index is -0.424. The molecule has 9 heteroatoms. The third kappa shape index (κ3) is 3.36. The van der Waals surface area contributed by atoms with E-state index in [-0.39, 0.29) is 12.0 Å². The first-order valence-corrected chi connectivity index (χ1v) is 9.99. The predicted molar refractivity (Wildman–Crippen MR) is 110 cm³/mol. The summed E-state index contributed by atoms with van der Waals surface area (Å²) in [5.41, 5.74) is 4.49. The maximum absolute atomic E-state index is 13.8. The Labute approximate surface area is 172 Å². The topological polar surface area (TPSA) is 93.8 Å². The second-order valence-corrected chi connectivity index (χ2v) is 7.83. The van der Waals surface area contributed by atoms with E-state index in [1.807, 2.05) is 12.4 Å². The Morgan fingerprint density at radius 3 is 2.87 bits per heavy atom. The van der Waals surface area contributed by atoms with Crippen molar-refractivity contribution in [1.29, 1.82) is 0 Å². The molecule has 5 rings (SSSR count). The van der Waals surface area contributed by atoms with Crippen LogP contribution in [-0.2, 0) is 12.8 Å². The highest BCUT2D eigenvalue weighted by Crippen LogP contribution is 2.26. The Hall–Kier alpha value is -3.49. The highest BCUT2D eigenvalue weighted by Gasteiger charge is 2.23. The van der Waals surface area contributed by atoms with E-state index in [1.165, 1.54) is 12.3 Å². The number of nitrogens with zero attached hydrogens (tertiary/aromatic N) is 7. The van der Waals surface area contributed by atoms with Crippen molar-refractivity contribution in [2.75, 3.05) is 5.32 Å². The molecule has 0 radical (unpaired) electrons. The number of aromatic nitrogens is 7. The predicted octanol–water partition coefficient (Wildman–Crippen LogP) is 3.21. The second kappa shape index (κ2) is 7.40. The summed E-state index contributed by atoms with van der Waals surface area (Å²) < 4.78 is 15.5. The van der Waals surface area contributed by atoms with Gasteiger partial charge in [-0.1, -0.05) is 13.8 Å². The molecular weight excluding hydrogens is 383 g/mol. The van der Waals surface area contributed by atoms with Gasteiger partial charge in [0, 0.05) is 35.3 Å². The number of pyridine rings is 1. The molecule has 152 valence electrons. The van der Waals surface area contributed by atoms with Crippen molar-refractivity contribution in [3.05, 3.63) is 59.8 Å². The highest BCUT2D eigenvalue weighted by atomic mass is 19.1. The summed E-state index contributed by atoms with van der Waals surface area (Å²) in [7, 11) is 0. The molecule has 0 saturated carbocycles. The molecule has 0 unspecified atom stereocenters. The average molecular weight is 404 g/mol. The number of hydrogen-bond acceptors (Lipinski definition) is 7. The maximum atomic E-state index is 13.8. The van der Waals surface area contributed by atoms with E-state index < -0.39 is 5.82 Å². The van der Waals surface area contributed by atoms with Gasteiger partial charge in [-0.2, -0.15) is 14.6 Å². The first-order chi connectivity index (χ1) is 14.6. The van der Waals surface area contributed by atoms with Gasteiger partial charge in [0.1, 0.15) is 12.1 Å². The molecule has 1 aliphatic carbocycles. The van der Waals surface area contributed by atoms with Crippen molar-refractivity contribution in [1.82, 2.24) is 34.5 Å². The fraction of sp³-hybridized carbons (Fsp3) is 0.333. The molecule has 8 nitrogen and oxygen atoms in total. The smallest absolute Gasteiger partial charge is 0.228 e. The van der Waals surface area contributed by atoms with Crippen LogP contribution in [0, 0.1) is 5.82 Å². The fourth-order valence-electron chi connectivity index (χ4n) is 3.82. The lowest BCUT2D eigenvalue weighted by molar-refractivity contribution is 0.588. The van der Waals surface area contributed by atoms with E-state index >= 15 is 0 Å². The molecule has 30 heavy (non-hydrogen) atoms. The Morgan fingerprint density at radius 1 is 1.13 bits per heavy atom. The highest BCUT2D eigenvalue weighted by molar-refractivity contribution is 5.62. The Morgan fingerprint density at radius 2 is 2.03 bits per heavy atom. The lowest BCUT2D eigenvalue weighted by Crippen LogP contribution is -2.29. The molecule has 1 atom stereocenters. The van der Waals surface area contributed by atoms with Crippen LogP contribution in [0.25, 0.3) is 17.0 Å². The van der Waals surface area contributed by atoms with Gasteiger partial charge >= 0.3 is 0 Å². The molecule has 0 saturated heterocycles. The van der Waals surface area contributed by atoms with Gasteiger partial charge in [-0.05, 0) is 36.8 Å². The van der Waals surface area contributed by atoms with Crippen LogP contribution in [0.3, 0.4) is 0 Å². The van der Waals surface area contributed by atoms with E-state index in [1.54, 1.807) is 17.0 Å². The fourth-order valence-corrected chi connectivity index (χ4v) is 3.82. The van der Waals surface area contributed by atoms with E-state index in [9.17, 15) is 4.39 Å². The van der Waals surface area contributed by atoms with Crippen molar-refractivity contribution < 1.29 is 4.39 Å². The van der Waals surface area contributed by atoms with Gasteiger partial charge in [-0.25, -0.2) is 19.3 Å². The summed E-state index contributed by atoms with van der Waals surface area (Å²) in [6.07, 6.45) is 10.6. The molecule has 0 spiro atoms. The minimum absolute atomic E-state index is 0.159. The Bertz CT molecular complexity index is 1220. The van der Waals surface area contributed by atoms with Crippen LogP contribution in [0.5, 0.6) is 0 Å². The van der Waals surface area contributed by atoms with Gasteiger partial charge < -0.3 is 5.32 Å². The molecule has 0 aromatic carbocycles. The number of halogens is 1. The first kappa shape index (κ1) is 18.5. The standard InChI is InChI=1S/C21H21FN8/c1-12(2)17-10-26-30-20(17)28-19(14-5-15(22)9-23-8-14)29-21(30)27-16-3-4-18-13(6-16)7-24-11-25-18/h5,7-12,16H,3-4,6H2,1-2H3,(H,27,28,29)/t16-/m1/s1. The molecule has 1 N–H and O–H groups in total. The zero-order valence-electron chi connectivity index (χ0n) is 16.7. The zero-order valence-corrected chi connectivity index (χ0v) is 16.7. The van der Waals surface area contributed by atoms with E-state index in [4.69, 9.17) is 0 Å². The van der Waals surface area contributed by atoms with Crippen LogP contribution in [0.2, 0.25) is 0 Å².